The van der Waals surface area contributed by atoms with Crippen LogP contribution in [0.4, 0.5) is 14.5 Å². The smallest absolute Gasteiger partial charge is 0.387 e. The Morgan fingerprint density at radius 3 is 2.62 bits per heavy atom. The molecule has 1 heterocycles. The number of amides is 1. The maximum atomic E-state index is 12.4. The number of nitrogens with zero attached hydrogens (tertiary/aromatic N) is 3. The van der Waals surface area contributed by atoms with Gasteiger partial charge in [-0.15, -0.1) is 11.3 Å². The minimum atomic E-state index is -3.20. The summed E-state index contributed by atoms with van der Waals surface area (Å²) in [6, 6.07) is 1.66. The van der Waals surface area contributed by atoms with Gasteiger partial charge < -0.3 is 14.0 Å². The zero-order chi connectivity index (χ0) is 17.9. The minimum Gasteiger partial charge on any atom is -0.493 e. The molecule has 0 unspecified atom stereocenters. The number of ether oxygens (including phenoxy) is 2. The molecule has 0 aliphatic heterocycles. The maximum Gasteiger partial charge on any atom is 0.387 e. The van der Waals surface area contributed by atoms with Crippen LogP contribution in [-0.2, 0) is 7.05 Å². The van der Waals surface area contributed by atoms with Crippen LogP contribution in [-0.4, -0.2) is 29.1 Å². The van der Waals surface area contributed by atoms with Crippen molar-refractivity contribution in [2.75, 3.05) is 7.11 Å². The Bertz CT molecular complexity index is 846. The van der Waals surface area contributed by atoms with Crippen molar-refractivity contribution in [3.8, 4) is 11.5 Å². The number of nitro benzene ring substituents is 1. The van der Waals surface area contributed by atoms with Gasteiger partial charge in [0.15, 0.2) is 16.3 Å². The number of hydrogen-bond acceptors (Lipinski definition) is 6. The Morgan fingerprint density at radius 2 is 2.12 bits per heavy atom. The molecule has 1 aromatic carbocycles. The summed E-state index contributed by atoms with van der Waals surface area (Å²) in [7, 11) is 2.81. The first-order chi connectivity index (χ1) is 11.3. The lowest BCUT2D eigenvalue weighted by Gasteiger charge is -2.10. The first-order valence-corrected chi connectivity index (χ1v) is 7.22. The van der Waals surface area contributed by atoms with Crippen molar-refractivity contribution in [1.82, 2.24) is 4.57 Å². The van der Waals surface area contributed by atoms with E-state index in [4.69, 9.17) is 4.74 Å². The lowest BCUT2D eigenvalue weighted by Crippen LogP contribution is -2.14. The van der Waals surface area contributed by atoms with Crippen LogP contribution in [0.1, 0.15) is 10.4 Å². The number of rotatable bonds is 5. The lowest BCUT2D eigenvalue weighted by atomic mass is 10.1. The van der Waals surface area contributed by atoms with Crippen molar-refractivity contribution in [2.24, 2.45) is 12.0 Å². The molecule has 0 aliphatic carbocycles. The van der Waals surface area contributed by atoms with E-state index in [0.29, 0.717) is 10.9 Å². The molecule has 11 heteroatoms. The highest BCUT2D eigenvalue weighted by Crippen LogP contribution is 2.35. The molecule has 2 aromatic rings. The average Bonchev–Trinajstić information content (AvgIpc) is 2.91. The van der Waals surface area contributed by atoms with Crippen LogP contribution in [0, 0.1) is 10.1 Å². The second-order valence-corrected chi connectivity index (χ2v) is 5.24. The number of nitro groups is 1. The van der Waals surface area contributed by atoms with E-state index in [2.05, 4.69) is 9.73 Å². The van der Waals surface area contributed by atoms with E-state index in [1.54, 1.807) is 23.2 Å². The van der Waals surface area contributed by atoms with Crippen LogP contribution in [0.15, 0.2) is 28.7 Å². The van der Waals surface area contributed by atoms with Crippen LogP contribution in [0.5, 0.6) is 11.5 Å². The van der Waals surface area contributed by atoms with Gasteiger partial charge in [0.25, 0.3) is 11.6 Å². The molecule has 0 aliphatic rings. The number of thiazole rings is 1. The summed E-state index contributed by atoms with van der Waals surface area (Å²) >= 11 is 1.16. The van der Waals surface area contributed by atoms with Gasteiger partial charge in [0.05, 0.1) is 18.1 Å². The normalized spacial score (nSPS) is 11.6. The van der Waals surface area contributed by atoms with Crippen molar-refractivity contribution in [2.45, 2.75) is 6.61 Å². The van der Waals surface area contributed by atoms with E-state index in [9.17, 15) is 23.7 Å². The van der Waals surface area contributed by atoms with Gasteiger partial charge in [-0.25, -0.2) is 0 Å². The fourth-order valence-electron chi connectivity index (χ4n) is 1.80. The topological polar surface area (TPSA) is 96.0 Å². The molecule has 0 saturated carbocycles. The molecule has 24 heavy (non-hydrogen) atoms. The van der Waals surface area contributed by atoms with Crippen molar-refractivity contribution >= 4 is 22.9 Å². The third kappa shape index (κ3) is 3.74. The Morgan fingerprint density at radius 1 is 1.42 bits per heavy atom. The average molecular weight is 359 g/mol. The first-order valence-electron chi connectivity index (χ1n) is 6.34. The predicted octanol–water partition coefficient (Wildman–Crippen LogP) is 2.35. The van der Waals surface area contributed by atoms with Gasteiger partial charge in [-0.3, -0.25) is 14.9 Å². The van der Waals surface area contributed by atoms with E-state index in [1.807, 2.05) is 0 Å². The summed E-state index contributed by atoms with van der Waals surface area (Å²) in [4.78, 5) is 26.7. The molecule has 0 bridgehead atoms. The van der Waals surface area contributed by atoms with Crippen LogP contribution >= 0.6 is 11.3 Å². The number of aromatic nitrogens is 1. The Hall–Kier alpha value is -2.82. The van der Waals surface area contributed by atoms with Gasteiger partial charge in [-0.1, -0.05) is 0 Å². The fourth-order valence-corrected chi connectivity index (χ4v) is 2.53. The quantitative estimate of drug-likeness (QED) is 0.603. The van der Waals surface area contributed by atoms with Crippen molar-refractivity contribution in [3.05, 3.63) is 44.2 Å². The number of benzene rings is 1. The number of aryl methyl sites for hydroxylation is 1. The van der Waals surface area contributed by atoms with E-state index in [1.165, 1.54) is 0 Å². The molecule has 0 atom stereocenters. The number of halogens is 2. The van der Waals surface area contributed by atoms with E-state index < -0.39 is 34.4 Å². The number of methoxy groups -OCH3 is 1. The van der Waals surface area contributed by atoms with Crippen LogP contribution < -0.4 is 14.3 Å². The van der Waals surface area contributed by atoms with Gasteiger partial charge in [0, 0.05) is 24.7 Å². The van der Waals surface area contributed by atoms with Crippen molar-refractivity contribution in [3.63, 3.8) is 0 Å². The summed E-state index contributed by atoms with van der Waals surface area (Å²) in [5.41, 5.74) is -1.11. The summed E-state index contributed by atoms with van der Waals surface area (Å²) in [6.07, 6.45) is 1.66. The lowest BCUT2D eigenvalue weighted by molar-refractivity contribution is -0.385. The summed E-state index contributed by atoms with van der Waals surface area (Å²) in [6.45, 7) is -3.20. The highest BCUT2D eigenvalue weighted by Gasteiger charge is 2.25. The van der Waals surface area contributed by atoms with Gasteiger partial charge in [-0.05, 0) is 0 Å². The van der Waals surface area contributed by atoms with E-state index in [0.717, 1.165) is 24.5 Å². The molecule has 0 radical (unpaired) electrons. The van der Waals surface area contributed by atoms with Gasteiger partial charge in [0.1, 0.15) is 5.56 Å². The third-order valence-corrected chi connectivity index (χ3v) is 3.73. The zero-order valence-electron chi connectivity index (χ0n) is 12.4. The highest BCUT2D eigenvalue weighted by atomic mass is 32.1. The molecule has 0 fully saturated rings. The molecule has 8 nitrogen and oxygen atoms in total. The Balaban J connectivity index is 2.58. The number of hydrogen-bond donors (Lipinski definition) is 0. The Kier molecular flexibility index (Phi) is 5.24. The first kappa shape index (κ1) is 17.5. The second-order valence-electron chi connectivity index (χ2n) is 4.37. The molecule has 1 amide bonds. The molecular weight excluding hydrogens is 348 g/mol. The largest absolute Gasteiger partial charge is 0.493 e. The number of carbonyl (C=O) groups is 1. The molecular formula is C13H11F2N3O5S. The second kappa shape index (κ2) is 7.17. The molecule has 0 N–H and O–H groups in total. The minimum absolute atomic E-state index is 0.241. The van der Waals surface area contributed by atoms with Crippen LogP contribution in [0.25, 0.3) is 0 Å². The van der Waals surface area contributed by atoms with Crippen LogP contribution in [0.3, 0.4) is 0 Å². The van der Waals surface area contributed by atoms with Gasteiger partial charge >= 0.3 is 6.61 Å². The molecule has 1 aromatic heterocycles. The molecule has 0 spiro atoms. The summed E-state index contributed by atoms with van der Waals surface area (Å²) < 4.78 is 35.4. The zero-order valence-corrected chi connectivity index (χ0v) is 13.3. The summed E-state index contributed by atoms with van der Waals surface area (Å²) in [5, 5.41) is 12.8. The Labute approximate surface area is 137 Å². The maximum absolute atomic E-state index is 12.4. The SMILES string of the molecule is COc1cc(C(=O)N=c2sccn2C)c([N+](=O)[O-])cc1OC(F)F. The number of alkyl halides is 2. The molecule has 2 rings (SSSR count). The van der Waals surface area contributed by atoms with E-state index in [-0.39, 0.29) is 5.75 Å². The highest BCUT2D eigenvalue weighted by molar-refractivity contribution is 7.07. The fraction of sp³-hybridized carbons (Fsp3) is 0.231. The molecule has 0 saturated heterocycles. The number of carbonyl (C=O) groups excluding carboxylic acids is 1. The predicted molar refractivity (Wildman–Crippen MR) is 79.5 cm³/mol. The van der Waals surface area contributed by atoms with Crippen LogP contribution in [0.2, 0.25) is 0 Å². The molecule has 128 valence electrons. The summed E-state index contributed by atoms with van der Waals surface area (Å²) in [5.74, 6) is -1.69. The standard InChI is InChI=1S/C13H11F2N3O5S/c1-17-3-4-24-13(17)16-11(19)7-5-9(22-2)10(23-12(14)15)6-8(7)18(20)21/h3-6,12H,1-2H3. The van der Waals surface area contributed by atoms with Crippen molar-refractivity contribution < 1.29 is 28.0 Å². The van der Waals surface area contributed by atoms with E-state index >= 15 is 0 Å². The third-order valence-electron chi connectivity index (χ3n) is 2.88. The van der Waals surface area contributed by atoms with Crippen molar-refractivity contribution in [1.29, 1.82) is 0 Å². The van der Waals surface area contributed by atoms with Gasteiger partial charge in [-0.2, -0.15) is 13.8 Å². The monoisotopic (exact) mass is 359 g/mol. The van der Waals surface area contributed by atoms with Gasteiger partial charge in [0.2, 0.25) is 0 Å².